The van der Waals surface area contributed by atoms with Crippen LogP contribution in [0.2, 0.25) is 0 Å². The van der Waals surface area contributed by atoms with Gasteiger partial charge in [-0.3, -0.25) is 9.78 Å². The smallest absolute Gasteiger partial charge is 0.211 e. The highest BCUT2D eigenvalue weighted by Gasteiger charge is 2.29. The molecule has 1 aliphatic rings. The molecule has 1 atom stereocenters. The SMILES string of the molecule is COC1=CSC(Cc2ccccn2)C1=O. The molecule has 78 valence electrons. The molecule has 2 heterocycles. The van der Waals surface area contributed by atoms with E-state index in [1.807, 2.05) is 18.2 Å². The molecule has 0 aromatic carbocycles. The van der Waals surface area contributed by atoms with Gasteiger partial charge in [0, 0.05) is 23.7 Å². The predicted molar refractivity (Wildman–Crippen MR) is 59.4 cm³/mol. The highest BCUT2D eigenvalue weighted by molar-refractivity contribution is 8.04. The van der Waals surface area contributed by atoms with Crippen molar-refractivity contribution in [3.8, 4) is 0 Å². The molecule has 1 aliphatic heterocycles. The van der Waals surface area contributed by atoms with Gasteiger partial charge in [0.1, 0.15) is 0 Å². The molecule has 0 N–H and O–H groups in total. The second-order valence-corrected chi connectivity index (χ2v) is 4.28. The second-order valence-electron chi connectivity index (χ2n) is 3.20. The van der Waals surface area contributed by atoms with E-state index in [9.17, 15) is 4.79 Å². The number of aromatic nitrogens is 1. The number of methoxy groups -OCH3 is 1. The Bertz CT molecular complexity index is 389. The van der Waals surface area contributed by atoms with Crippen molar-refractivity contribution in [1.82, 2.24) is 4.98 Å². The van der Waals surface area contributed by atoms with Gasteiger partial charge in [0.05, 0.1) is 12.4 Å². The minimum Gasteiger partial charge on any atom is -0.492 e. The summed E-state index contributed by atoms with van der Waals surface area (Å²) in [6.45, 7) is 0. The maximum absolute atomic E-state index is 11.7. The summed E-state index contributed by atoms with van der Waals surface area (Å²) in [7, 11) is 1.52. The monoisotopic (exact) mass is 221 g/mol. The highest BCUT2D eigenvalue weighted by atomic mass is 32.2. The number of hydrogen-bond acceptors (Lipinski definition) is 4. The zero-order valence-electron chi connectivity index (χ0n) is 8.34. The minimum atomic E-state index is -0.0742. The molecule has 4 heteroatoms. The molecule has 0 radical (unpaired) electrons. The van der Waals surface area contributed by atoms with Crippen molar-refractivity contribution in [1.29, 1.82) is 0 Å². The third kappa shape index (κ3) is 2.21. The molecule has 0 fully saturated rings. The third-order valence-corrected chi connectivity index (χ3v) is 3.27. The molecular weight excluding hydrogens is 210 g/mol. The highest BCUT2D eigenvalue weighted by Crippen LogP contribution is 2.29. The number of Topliss-reactive ketones (excluding diaryl/α,β-unsaturated/α-hetero) is 1. The topological polar surface area (TPSA) is 39.2 Å². The van der Waals surface area contributed by atoms with E-state index in [1.54, 1.807) is 11.6 Å². The number of carbonyl (C=O) groups excluding carboxylic acids is 1. The van der Waals surface area contributed by atoms with Gasteiger partial charge in [-0.05, 0) is 12.1 Å². The first-order chi connectivity index (χ1) is 7.31. The Hall–Kier alpha value is -1.29. The normalized spacial score (nSPS) is 20.2. The Morgan fingerprint density at radius 1 is 1.53 bits per heavy atom. The van der Waals surface area contributed by atoms with Gasteiger partial charge in [-0.25, -0.2) is 0 Å². The number of thioether (sulfide) groups is 1. The van der Waals surface area contributed by atoms with Crippen molar-refractivity contribution < 1.29 is 9.53 Å². The molecule has 3 nitrogen and oxygen atoms in total. The van der Waals surface area contributed by atoms with Gasteiger partial charge in [0.15, 0.2) is 5.76 Å². The number of pyridine rings is 1. The van der Waals surface area contributed by atoms with Crippen molar-refractivity contribution in [2.45, 2.75) is 11.7 Å². The number of hydrogen-bond donors (Lipinski definition) is 0. The zero-order valence-corrected chi connectivity index (χ0v) is 9.16. The predicted octanol–water partition coefficient (Wildman–Crippen LogP) is 1.80. The van der Waals surface area contributed by atoms with E-state index in [4.69, 9.17) is 4.74 Å². The fourth-order valence-electron chi connectivity index (χ4n) is 1.42. The van der Waals surface area contributed by atoms with Crippen LogP contribution in [0.5, 0.6) is 0 Å². The van der Waals surface area contributed by atoms with E-state index in [-0.39, 0.29) is 11.0 Å². The molecule has 0 aliphatic carbocycles. The molecule has 0 saturated carbocycles. The van der Waals surface area contributed by atoms with Crippen molar-refractivity contribution in [2.75, 3.05) is 7.11 Å². The summed E-state index contributed by atoms with van der Waals surface area (Å²) in [6, 6.07) is 5.72. The fourth-order valence-corrected chi connectivity index (χ4v) is 2.43. The van der Waals surface area contributed by atoms with Crippen LogP contribution in [0, 0.1) is 0 Å². The molecule has 15 heavy (non-hydrogen) atoms. The van der Waals surface area contributed by atoms with Gasteiger partial charge in [-0.15, -0.1) is 11.8 Å². The van der Waals surface area contributed by atoms with Gasteiger partial charge < -0.3 is 4.74 Å². The van der Waals surface area contributed by atoms with Crippen molar-refractivity contribution in [3.05, 3.63) is 41.3 Å². The fraction of sp³-hybridized carbons (Fsp3) is 0.273. The number of carbonyl (C=O) groups is 1. The lowest BCUT2D eigenvalue weighted by Crippen LogP contribution is -2.18. The van der Waals surface area contributed by atoms with Crippen LogP contribution in [0.3, 0.4) is 0 Å². The van der Waals surface area contributed by atoms with Crippen LogP contribution in [0.25, 0.3) is 0 Å². The largest absolute Gasteiger partial charge is 0.492 e. The van der Waals surface area contributed by atoms with Crippen LogP contribution < -0.4 is 0 Å². The molecule has 1 aromatic rings. The van der Waals surface area contributed by atoms with Crippen LogP contribution in [0.1, 0.15) is 5.69 Å². The van der Waals surface area contributed by atoms with E-state index < -0.39 is 0 Å². The van der Waals surface area contributed by atoms with Crippen LogP contribution in [-0.4, -0.2) is 23.1 Å². The van der Waals surface area contributed by atoms with Gasteiger partial charge in [0.25, 0.3) is 0 Å². The van der Waals surface area contributed by atoms with Gasteiger partial charge in [0.2, 0.25) is 5.78 Å². The number of ketones is 1. The van der Waals surface area contributed by atoms with E-state index in [1.165, 1.54) is 18.9 Å². The summed E-state index contributed by atoms with van der Waals surface area (Å²) in [5, 5.41) is 1.70. The Labute approximate surface area is 92.5 Å². The lowest BCUT2D eigenvalue weighted by Gasteiger charge is -2.06. The molecule has 0 amide bonds. The summed E-state index contributed by atoms with van der Waals surface area (Å²) < 4.78 is 4.96. The van der Waals surface area contributed by atoms with Crippen molar-refractivity contribution in [3.63, 3.8) is 0 Å². The standard InChI is InChI=1S/C11H11NO2S/c1-14-9-7-15-10(11(9)13)6-8-4-2-3-5-12-8/h2-5,7,10H,6H2,1H3. The molecule has 0 bridgehead atoms. The first-order valence-electron chi connectivity index (χ1n) is 4.65. The lowest BCUT2D eigenvalue weighted by molar-refractivity contribution is -0.117. The molecular formula is C11H11NO2S. The summed E-state index contributed by atoms with van der Waals surface area (Å²) in [4.78, 5) is 15.9. The van der Waals surface area contributed by atoms with Crippen molar-refractivity contribution >= 4 is 17.5 Å². The average molecular weight is 221 g/mol. The lowest BCUT2D eigenvalue weighted by atomic mass is 10.1. The summed E-state index contributed by atoms with van der Waals surface area (Å²) in [6.07, 6.45) is 2.40. The van der Waals surface area contributed by atoms with Crippen molar-refractivity contribution in [2.24, 2.45) is 0 Å². The Morgan fingerprint density at radius 3 is 3.00 bits per heavy atom. The first kappa shape index (κ1) is 10.2. The molecule has 2 rings (SSSR count). The van der Waals surface area contributed by atoms with Gasteiger partial charge >= 0.3 is 0 Å². The van der Waals surface area contributed by atoms with E-state index in [0.29, 0.717) is 12.2 Å². The third-order valence-electron chi connectivity index (χ3n) is 2.22. The second kappa shape index (κ2) is 4.49. The van der Waals surface area contributed by atoms with Crippen LogP contribution in [0.15, 0.2) is 35.6 Å². The molecule has 1 unspecified atom stereocenters. The van der Waals surface area contributed by atoms with Gasteiger partial charge in [-0.1, -0.05) is 6.07 Å². The quantitative estimate of drug-likeness (QED) is 0.780. The summed E-state index contributed by atoms with van der Waals surface area (Å²) >= 11 is 1.50. The van der Waals surface area contributed by atoms with Crippen LogP contribution in [-0.2, 0) is 16.0 Å². The molecule has 0 saturated heterocycles. The number of rotatable bonds is 3. The number of ether oxygens (including phenoxy) is 1. The van der Waals surface area contributed by atoms with Gasteiger partial charge in [-0.2, -0.15) is 0 Å². The summed E-state index contributed by atoms with van der Waals surface area (Å²) in [5.41, 5.74) is 0.939. The Morgan fingerprint density at radius 2 is 2.40 bits per heavy atom. The maximum Gasteiger partial charge on any atom is 0.211 e. The number of allylic oxidation sites excluding steroid dienone is 1. The Kier molecular flexibility index (Phi) is 3.06. The summed E-state index contributed by atoms with van der Waals surface area (Å²) in [5.74, 6) is 0.522. The number of nitrogens with zero attached hydrogens (tertiary/aromatic N) is 1. The van der Waals surface area contributed by atoms with Crippen LogP contribution in [0.4, 0.5) is 0 Å². The molecule has 1 aromatic heterocycles. The minimum absolute atomic E-state index is 0.0631. The zero-order chi connectivity index (χ0) is 10.7. The average Bonchev–Trinajstić information content (AvgIpc) is 2.62. The molecule has 0 spiro atoms. The van der Waals surface area contributed by atoms with E-state index in [0.717, 1.165) is 5.69 Å². The van der Waals surface area contributed by atoms with E-state index >= 15 is 0 Å². The van der Waals surface area contributed by atoms with Crippen LogP contribution >= 0.6 is 11.8 Å². The maximum atomic E-state index is 11.7. The Balaban J connectivity index is 2.02. The first-order valence-corrected chi connectivity index (χ1v) is 5.59. The van der Waals surface area contributed by atoms with E-state index in [2.05, 4.69) is 4.98 Å².